The number of nitrogens with one attached hydrogen (secondary N) is 1. The minimum Gasteiger partial charge on any atom is -0.493 e. The molecule has 0 unspecified atom stereocenters. The van der Waals surface area contributed by atoms with E-state index in [1.54, 1.807) is 25.1 Å². The third kappa shape index (κ3) is 5.27. The number of carbonyl (C=O) groups excluding carboxylic acids is 1. The average Bonchev–Trinajstić information content (AvgIpc) is 2.44. The second-order valence-electron chi connectivity index (χ2n) is 5.66. The number of amides is 1. The van der Waals surface area contributed by atoms with Crippen LogP contribution in [0.25, 0.3) is 0 Å². The molecule has 1 amide bonds. The maximum Gasteiger partial charge on any atom is 0.258 e. The Morgan fingerprint density at radius 1 is 1.38 bits per heavy atom. The van der Waals surface area contributed by atoms with E-state index in [1.165, 1.54) is 7.11 Å². The van der Waals surface area contributed by atoms with Crippen LogP contribution in [0.15, 0.2) is 18.2 Å². The number of hydrogen-bond donors (Lipinski definition) is 2. The van der Waals surface area contributed by atoms with Gasteiger partial charge in [-0.2, -0.15) is 0 Å². The van der Waals surface area contributed by atoms with E-state index in [0.29, 0.717) is 11.5 Å². The van der Waals surface area contributed by atoms with Gasteiger partial charge in [0.05, 0.1) is 13.2 Å². The Balaban J connectivity index is 2.69. The third-order valence-electron chi connectivity index (χ3n) is 3.39. The molecule has 1 rings (SSSR count). The number of ether oxygens (including phenoxy) is 2. The van der Waals surface area contributed by atoms with E-state index in [1.807, 2.05) is 20.8 Å². The van der Waals surface area contributed by atoms with Gasteiger partial charge in [-0.1, -0.05) is 13.0 Å². The lowest BCUT2D eigenvalue weighted by atomic mass is 10.0. The quantitative estimate of drug-likeness (QED) is 0.810. The molecule has 0 radical (unpaired) electrons. The molecule has 0 bridgehead atoms. The standard InChI is InChI=1S/C16H25NO4/c1-6-16(3,4)17-15(19)10-21-13-8-7-12(11(2)18)9-14(13)20-5/h7-9,11,18H,6,10H2,1-5H3,(H,17,19)/t11-/m1/s1. The van der Waals surface area contributed by atoms with Crippen LogP contribution < -0.4 is 14.8 Å². The Hall–Kier alpha value is -1.75. The smallest absolute Gasteiger partial charge is 0.258 e. The third-order valence-corrected chi connectivity index (χ3v) is 3.39. The summed E-state index contributed by atoms with van der Waals surface area (Å²) in [7, 11) is 1.52. The zero-order valence-electron chi connectivity index (χ0n) is 13.4. The van der Waals surface area contributed by atoms with Gasteiger partial charge in [0.25, 0.3) is 5.91 Å². The topological polar surface area (TPSA) is 67.8 Å². The number of carbonyl (C=O) groups is 1. The van der Waals surface area contributed by atoms with Crippen molar-refractivity contribution in [3.8, 4) is 11.5 Å². The van der Waals surface area contributed by atoms with E-state index in [9.17, 15) is 9.90 Å². The summed E-state index contributed by atoms with van der Waals surface area (Å²) in [5, 5.41) is 12.4. The monoisotopic (exact) mass is 295 g/mol. The van der Waals surface area contributed by atoms with Crippen LogP contribution in [-0.2, 0) is 4.79 Å². The maximum atomic E-state index is 11.8. The van der Waals surface area contributed by atoms with E-state index in [4.69, 9.17) is 9.47 Å². The molecule has 21 heavy (non-hydrogen) atoms. The summed E-state index contributed by atoms with van der Waals surface area (Å²) in [6.45, 7) is 7.54. The number of benzene rings is 1. The van der Waals surface area contributed by atoms with Gasteiger partial charge >= 0.3 is 0 Å². The first-order valence-corrected chi connectivity index (χ1v) is 7.09. The Morgan fingerprint density at radius 2 is 2.05 bits per heavy atom. The molecular formula is C16H25NO4. The van der Waals surface area contributed by atoms with Crippen LogP contribution in [0.1, 0.15) is 45.8 Å². The molecular weight excluding hydrogens is 270 g/mol. The van der Waals surface area contributed by atoms with E-state index in [-0.39, 0.29) is 18.1 Å². The lowest BCUT2D eigenvalue weighted by molar-refractivity contribution is -0.124. The lowest BCUT2D eigenvalue weighted by Crippen LogP contribution is -2.44. The number of aliphatic hydroxyl groups is 1. The van der Waals surface area contributed by atoms with Crippen LogP contribution in [0, 0.1) is 0 Å². The summed E-state index contributed by atoms with van der Waals surface area (Å²) >= 11 is 0. The van der Waals surface area contributed by atoms with Crippen molar-refractivity contribution in [3.05, 3.63) is 23.8 Å². The van der Waals surface area contributed by atoms with Crippen LogP contribution in [-0.4, -0.2) is 30.3 Å². The zero-order chi connectivity index (χ0) is 16.0. The number of methoxy groups -OCH3 is 1. The summed E-state index contributed by atoms with van der Waals surface area (Å²) in [5.41, 5.74) is 0.483. The van der Waals surface area contributed by atoms with Gasteiger partial charge in [0.15, 0.2) is 18.1 Å². The van der Waals surface area contributed by atoms with Crippen molar-refractivity contribution in [2.24, 2.45) is 0 Å². The van der Waals surface area contributed by atoms with Gasteiger partial charge in [-0.3, -0.25) is 4.79 Å². The first-order chi connectivity index (χ1) is 9.79. The minimum atomic E-state index is -0.582. The van der Waals surface area contributed by atoms with Crippen LogP contribution in [0.2, 0.25) is 0 Å². The molecule has 0 aliphatic carbocycles. The minimum absolute atomic E-state index is 0.0756. The predicted octanol–water partition coefficient (Wildman–Crippen LogP) is 2.43. The average molecular weight is 295 g/mol. The predicted molar refractivity (Wildman–Crippen MR) is 81.6 cm³/mol. The lowest BCUT2D eigenvalue weighted by Gasteiger charge is -2.24. The number of rotatable bonds is 7. The van der Waals surface area contributed by atoms with Crippen molar-refractivity contribution >= 4 is 5.91 Å². The van der Waals surface area contributed by atoms with Crippen molar-refractivity contribution in [1.82, 2.24) is 5.32 Å². The van der Waals surface area contributed by atoms with Crippen molar-refractivity contribution in [2.75, 3.05) is 13.7 Å². The van der Waals surface area contributed by atoms with Crippen molar-refractivity contribution < 1.29 is 19.4 Å². The second kappa shape index (κ2) is 7.31. The molecule has 1 atom stereocenters. The van der Waals surface area contributed by atoms with Crippen LogP contribution in [0.4, 0.5) is 0 Å². The highest BCUT2D eigenvalue weighted by Gasteiger charge is 2.18. The molecule has 0 spiro atoms. The van der Waals surface area contributed by atoms with Crippen LogP contribution in [0.3, 0.4) is 0 Å². The van der Waals surface area contributed by atoms with Gasteiger partial charge in [0, 0.05) is 5.54 Å². The van der Waals surface area contributed by atoms with Gasteiger partial charge in [-0.05, 0) is 44.9 Å². The molecule has 0 aliphatic rings. The zero-order valence-corrected chi connectivity index (χ0v) is 13.4. The SMILES string of the molecule is CCC(C)(C)NC(=O)COc1ccc([C@@H](C)O)cc1OC. The Labute approximate surface area is 126 Å². The fraction of sp³-hybridized carbons (Fsp3) is 0.562. The molecule has 2 N–H and O–H groups in total. The van der Waals surface area contributed by atoms with Crippen molar-refractivity contribution in [3.63, 3.8) is 0 Å². The molecule has 0 aliphatic heterocycles. The molecule has 5 nitrogen and oxygen atoms in total. The fourth-order valence-electron chi connectivity index (χ4n) is 1.71. The van der Waals surface area contributed by atoms with Crippen molar-refractivity contribution in [2.45, 2.75) is 45.8 Å². The summed E-state index contributed by atoms with van der Waals surface area (Å²) < 4.78 is 10.7. The van der Waals surface area contributed by atoms with Gasteiger partial charge in [-0.15, -0.1) is 0 Å². The molecule has 0 fully saturated rings. The molecule has 0 saturated carbocycles. The van der Waals surface area contributed by atoms with Gasteiger partial charge in [0.2, 0.25) is 0 Å². The van der Waals surface area contributed by atoms with Gasteiger partial charge in [0.1, 0.15) is 0 Å². The Kier molecular flexibility index (Phi) is 6.03. The first-order valence-electron chi connectivity index (χ1n) is 7.09. The van der Waals surface area contributed by atoms with Gasteiger partial charge in [-0.25, -0.2) is 0 Å². The van der Waals surface area contributed by atoms with Crippen molar-refractivity contribution in [1.29, 1.82) is 0 Å². The number of hydrogen-bond acceptors (Lipinski definition) is 4. The maximum absolute atomic E-state index is 11.8. The Bertz CT molecular complexity index is 483. The molecule has 5 heteroatoms. The summed E-state index contributed by atoms with van der Waals surface area (Å²) in [6.07, 6.45) is 0.257. The normalized spacial score (nSPS) is 12.7. The molecule has 0 aromatic heterocycles. The van der Waals surface area contributed by atoms with Crippen LogP contribution >= 0.6 is 0 Å². The van der Waals surface area contributed by atoms with Gasteiger partial charge < -0.3 is 19.9 Å². The van der Waals surface area contributed by atoms with Crippen LogP contribution in [0.5, 0.6) is 11.5 Å². The highest BCUT2D eigenvalue weighted by atomic mass is 16.5. The highest BCUT2D eigenvalue weighted by Crippen LogP contribution is 2.30. The molecule has 0 heterocycles. The molecule has 1 aromatic rings. The first kappa shape index (κ1) is 17.3. The van der Waals surface area contributed by atoms with E-state index < -0.39 is 6.10 Å². The number of aliphatic hydroxyl groups excluding tert-OH is 1. The summed E-state index contributed by atoms with van der Waals surface area (Å²) in [5.74, 6) is 0.797. The largest absolute Gasteiger partial charge is 0.493 e. The summed E-state index contributed by atoms with van der Waals surface area (Å²) in [6, 6.07) is 5.14. The molecule has 0 saturated heterocycles. The molecule has 118 valence electrons. The van der Waals surface area contributed by atoms with E-state index >= 15 is 0 Å². The molecule has 1 aromatic carbocycles. The fourth-order valence-corrected chi connectivity index (χ4v) is 1.71. The summed E-state index contributed by atoms with van der Waals surface area (Å²) in [4.78, 5) is 11.8. The Morgan fingerprint density at radius 3 is 2.57 bits per heavy atom. The highest BCUT2D eigenvalue weighted by molar-refractivity contribution is 5.78. The van der Waals surface area contributed by atoms with E-state index in [2.05, 4.69) is 5.32 Å². The van der Waals surface area contributed by atoms with E-state index in [0.717, 1.165) is 12.0 Å². The second-order valence-corrected chi connectivity index (χ2v) is 5.66.